The fraction of sp³-hybridized carbons (Fsp3) is 0.105. The van der Waals surface area contributed by atoms with Gasteiger partial charge in [-0.05, 0) is 29.8 Å². The number of hydrogen-bond donors (Lipinski definition) is 1. The van der Waals surface area contributed by atoms with Crippen molar-refractivity contribution in [1.82, 2.24) is 10.3 Å². The van der Waals surface area contributed by atoms with Gasteiger partial charge in [-0.25, -0.2) is 14.2 Å². The van der Waals surface area contributed by atoms with E-state index in [2.05, 4.69) is 15.0 Å². The van der Waals surface area contributed by atoms with Gasteiger partial charge in [-0.15, -0.1) is 11.3 Å². The number of thiazole rings is 1. The first-order chi connectivity index (χ1) is 12.6. The van der Waals surface area contributed by atoms with Crippen molar-refractivity contribution >= 4 is 23.2 Å². The largest absolute Gasteiger partial charge is 0.465 e. The summed E-state index contributed by atoms with van der Waals surface area (Å²) in [7, 11) is 1.32. The molecule has 1 aromatic heterocycles. The maximum Gasteiger partial charge on any atom is 0.337 e. The summed E-state index contributed by atoms with van der Waals surface area (Å²) >= 11 is 1.21. The summed E-state index contributed by atoms with van der Waals surface area (Å²) in [6.07, 6.45) is 0. The molecule has 26 heavy (non-hydrogen) atoms. The molecule has 0 unspecified atom stereocenters. The number of halogens is 1. The molecule has 7 heteroatoms. The van der Waals surface area contributed by atoms with Gasteiger partial charge in [0.15, 0.2) is 0 Å². The Balaban J connectivity index is 1.64. The van der Waals surface area contributed by atoms with Crippen LogP contribution in [0.25, 0.3) is 10.6 Å². The molecular formula is C19H15FN2O3S. The van der Waals surface area contributed by atoms with Crippen LogP contribution < -0.4 is 5.32 Å². The number of benzene rings is 2. The lowest BCUT2D eigenvalue weighted by molar-refractivity contribution is 0.0600. The number of esters is 1. The van der Waals surface area contributed by atoms with Crippen LogP contribution in [0.1, 0.15) is 26.4 Å². The van der Waals surface area contributed by atoms with Gasteiger partial charge >= 0.3 is 5.97 Å². The Morgan fingerprint density at radius 2 is 1.88 bits per heavy atom. The third kappa shape index (κ3) is 3.94. The van der Waals surface area contributed by atoms with Gasteiger partial charge in [0.1, 0.15) is 16.5 Å². The minimum Gasteiger partial charge on any atom is -0.465 e. The van der Waals surface area contributed by atoms with Gasteiger partial charge in [-0.1, -0.05) is 24.3 Å². The zero-order valence-corrected chi connectivity index (χ0v) is 14.7. The molecule has 3 rings (SSSR count). The molecule has 0 spiro atoms. The molecule has 0 aliphatic heterocycles. The van der Waals surface area contributed by atoms with E-state index in [9.17, 15) is 14.0 Å². The van der Waals surface area contributed by atoms with Crippen molar-refractivity contribution in [1.29, 1.82) is 0 Å². The van der Waals surface area contributed by atoms with Gasteiger partial charge in [-0.3, -0.25) is 4.79 Å². The van der Waals surface area contributed by atoms with Crippen molar-refractivity contribution in [2.45, 2.75) is 6.54 Å². The predicted octanol–water partition coefficient (Wildman–Crippen LogP) is 3.67. The number of aromatic nitrogens is 1. The Morgan fingerprint density at radius 1 is 1.15 bits per heavy atom. The van der Waals surface area contributed by atoms with Gasteiger partial charge in [0.05, 0.1) is 12.7 Å². The molecule has 3 aromatic rings. The molecule has 2 aromatic carbocycles. The zero-order valence-electron chi connectivity index (χ0n) is 13.9. The van der Waals surface area contributed by atoms with Crippen molar-refractivity contribution in [3.05, 3.63) is 76.5 Å². The molecule has 132 valence electrons. The molecule has 0 saturated carbocycles. The Kier molecular flexibility index (Phi) is 5.38. The van der Waals surface area contributed by atoms with Crippen LogP contribution in [-0.2, 0) is 11.3 Å². The normalized spacial score (nSPS) is 10.4. The molecular weight excluding hydrogens is 355 g/mol. The number of methoxy groups -OCH3 is 1. The van der Waals surface area contributed by atoms with E-state index in [1.165, 1.54) is 24.5 Å². The van der Waals surface area contributed by atoms with Crippen LogP contribution in [0.5, 0.6) is 0 Å². The summed E-state index contributed by atoms with van der Waals surface area (Å²) in [6, 6.07) is 13.0. The maximum absolute atomic E-state index is 13.8. The van der Waals surface area contributed by atoms with Gasteiger partial charge in [0, 0.05) is 17.5 Å². The highest BCUT2D eigenvalue weighted by Crippen LogP contribution is 2.26. The minimum atomic E-state index is -0.413. The van der Waals surface area contributed by atoms with Crippen molar-refractivity contribution in [2.24, 2.45) is 0 Å². The van der Waals surface area contributed by atoms with Crippen LogP contribution in [0.15, 0.2) is 53.9 Å². The standard InChI is InChI=1S/C19H15FN2O3S/c1-25-19(24)13-8-6-12(7-9-13)10-21-17(23)16-11-26-18(22-16)14-4-2-3-5-15(14)20/h2-9,11H,10H2,1H3,(H,21,23). The first kappa shape index (κ1) is 17.8. The fourth-order valence-electron chi connectivity index (χ4n) is 2.29. The quantitative estimate of drug-likeness (QED) is 0.696. The number of ether oxygens (including phenoxy) is 1. The van der Waals surface area contributed by atoms with E-state index in [-0.39, 0.29) is 24.0 Å². The average Bonchev–Trinajstić information content (AvgIpc) is 3.16. The van der Waals surface area contributed by atoms with Crippen molar-refractivity contribution < 1.29 is 18.7 Å². The molecule has 1 amide bonds. The predicted molar refractivity (Wildman–Crippen MR) is 96.5 cm³/mol. The Hall–Kier alpha value is -3.06. The lowest BCUT2D eigenvalue weighted by atomic mass is 10.1. The second kappa shape index (κ2) is 7.88. The third-order valence-corrected chi connectivity index (χ3v) is 4.54. The summed E-state index contributed by atoms with van der Waals surface area (Å²) in [5, 5.41) is 4.80. The van der Waals surface area contributed by atoms with Crippen LogP contribution in [0, 0.1) is 5.82 Å². The maximum atomic E-state index is 13.8. The fourth-order valence-corrected chi connectivity index (χ4v) is 3.11. The molecule has 5 nitrogen and oxygen atoms in total. The summed E-state index contributed by atoms with van der Waals surface area (Å²) in [4.78, 5) is 27.8. The SMILES string of the molecule is COC(=O)c1ccc(CNC(=O)c2csc(-c3ccccc3F)n2)cc1. The van der Waals surface area contributed by atoms with Crippen LogP contribution >= 0.6 is 11.3 Å². The number of carbonyl (C=O) groups is 2. The molecule has 1 N–H and O–H groups in total. The highest BCUT2D eigenvalue weighted by Gasteiger charge is 2.14. The van der Waals surface area contributed by atoms with Crippen LogP contribution in [-0.4, -0.2) is 24.0 Å². The molecule has 1 heterocycles. The molecule has 0 aliphatic carbocycles. The number of rotatable bonds is 5. The third-order valence-electron chi connectivity index (χ3n) is 3.67. The van der Waals surface area contributed by atoms with Crippen molar-refractivity contribution in [2.75, 3.05) is 7.11 Å². The lowest BCUT2D eigenvalue weighted by Crippen LogP contribution is -2.23. The van der Waals surface area contributed by atoms with Gasteiger partial charge in [-0.2, -0.15) is 0 Å². The summed E-state index contributed by atoms with van der Waals surface area (Å²) in [6.45, 7) is 0.285. The second-order valence-electron chi connectivity index (χ2n) is 5.39. The second-order valence-corrected chi connectivity index (χ2v) is 6.25. The molecule has 0 atom stereocenters. The van der Waals surface area contributed by atoms with Gasteiger partial charge in [0.2, 0.25) is 0 Å². The highest BCUT2D eigenvalue weighted by atomic mass is 32.1. The number of nitrogens with one attached hydrogen (secondary N) is 1. The number of amides is 1. The van der Waals surface area contributed by atoms with Crippen LogP contribution in [0.3, 0.4) is 0 Å². The number of hydrogen-bond acceptors (Lipinski definition) is 5. The summed E-state index contributed by atoms with van der Waals surface area (Å²) in [5.41, 5.74) is 1.88. The van der Waals surface area contributed by atoms with E-state index in [4.69, 9.17) is 0 Å². The van der Waals surface area contributed by atoms with E-state index in [0.717, 1.165) is 5.56 Å². The monoisotopic (exact) mass is 370 g/mol. The van der Waals surface area contributed by atoms with Crippen molar-refractivity contribution in [3.63, 3.8) is 0 Å². The number of nitrogens with zero attached hydrogens (tertiary/aromatic N) is 1. The molecule has 0 bridgehead atoms. The van der Waals surface area contributed by atoms with Gasteiger partial charge < -0.3 is 10.1 Å². The minimum absolute atomic E-state index is 0.236. The Labute approximate surface area is 153 Å². The van der Waals surface area contributed by atoms with Crippen LogP contribution in [0.4, 0.5) is 4.39 Å². The summed E-state index contributed by atoms with van der Waals surface area (Å²) < 4.78 is 18.4. The van der Waals surface area contributed by atoms with Crippen molar-refractivity contribution in [3.8, 4) is 10.6 Å². The van der Waals surface area contributed by atoms with E-state index in [0.29, 0.717) is 16.1 Å². The first-order valence-corrected chi connectivity index (χ1v) is 8.62. The van der Waals surface area contributed by atoms with E-state index < -0.39 is 5.97 Å². The topological polar surface area (TPSA) is 68.3 Å². The smallest absolute Gasteiger partial charge is 0.337 e. The zero-order chi connectivity index (χ0) is 18.5. The van der Waals surface area contributed by atoms with E-state index >= 15 is 0 Å². The lowest BCUT2D eigenvalue weighted by Gasteiger charge is -2.05. The molecule has 0 saturated heterocycles. The summed E-state index contributed by atoms with van der Waals surface area (Å²) in [5.74, 6) is -1.14. The average molecular weight is 370 g/mol. The molecule has 0 aliphatic rings. The van der Waals surface area contributed by atoms with E-state index in [1.807, 2.05) is 0 Å². The van der Waals surface area contributed by atoms with Gasteiger partial charge in [0.25, 0.3) is 5.91 Å². The molecule has 0 fully saturated rings. The first-order valence-electron chi connectivity index (χ1n) is 7.74. The molecule has 0 radical (unpaired) electrons. The Morgan fingerprint density at radius 3 is 2.58 bits per heavy atom. The Bertz CT molecular complexity index is 938. The number of carbonyl (C=O) groups excluding carboxylic acids is 2. The van der Waals surface area contributed by atoms with E-state index in [1.54, 1.807) is 47.8 Å². The van der Waals surface area contributed by atoms with Crippen LogP contribution in [0.2, 0.25) is 0 Å². The highest BCUT2D eigenvalue weighted by molar-refractivity contribution is 7.13.